The van der Waals surface area contributed by atoms with E-state index in [9.17, 15) is 4.39 Å². The zero-order chi connectivity index (χ0) is 9.97. The second-order valence-electron chi connectivity index (χ2n) is 3.09. The minimum Gasteiger partial charge on any atom is -0.236 e. The maximum atomic E-state index is 12.6. The maximum Gasteiger partial charge on any atom is 0.159 e. The highest BCUT2D eigenvalue weighted by Gasteiger charge is 1.99. The molecule has 0 aliphatic carbocycles. The first-order valence-electron chi connectivity index (χ1n) is 4.30. The lowest BCUT2D eigenvalue weighted by molar-refractivity contribution is 0.628. The molecule has 0 atom stereocenters. The van der Waals surface area contributed by atoms with Crippen LogP contribution in [0.2, 0.25) is 0 Å². The van der Waals surface area contributed by atoms with Crippen LogP contribution in [0.5, 0.6) is 0 Å². The van der Waals surface area contributed by atoms with Gasteiger partial charge < -0.3 is 0 Å². The molecule has 15 heavy (non-hydrogen) atoms. The zero-order valence-electron chi connectivity index (χ0n) is 7.74. The predicted molar refractivity (Wildman–Crippen MR) is 58.9 cm³/mol. The van der Waals surface area contributed by atoms with E-state index in [1.54, 1.807) is 24.5 Å². The molecule has 1 aromatic heterocycles. The molecule has 1 aromatic carbocycles. The Morgan fingerprint density at radius 1 is 1.00 bits per heavy atom. The van der Waals surface area contributed by atoms with E-state index in [0.29, 0.717) is 5.82 Å². The summed E-state index contributed by atoms with van der Waals surface area (Å²) in [4.78, 5) is 8.29. The highest BCUT2D eigenvalue weighted by atomic mass is 19.1. The first kappa shape index (κ1) is 11.3. The van der Waals surface area contributed by atoms with Crippen LogP contribution in [-0.2, 0) is 0 Å². The van der Waals surface area contributed by atoms with Crippen molar-refractivity contribution < 1.29 is 4.39 Å². The van der Waals surface area contributed by atoms with Crippen molar-refractivity contribution in [2.45, 2.75) is 14.4 Å². The van der Waals surface area contributed by atoms with Crippen molar-refractivity contribution in [1.29, 1.82) is 0 Å². The van der Waals surface area contributed by atoms with Crippen molar-refractivity contribution in [3.63, 3.8) is 0 Å². The van der Waals surface area contributed by atoms with Crippen LogP contribution in [0, 0.1) is 12.7 Å². The van der Waals surface area contributed by atoms with Crippen LogP contribution in [0.25, 0.3) is 11.4 Å². The molecule has 2 aromatic rings. The highest BCUT2D eigenvalue weighted by Crippen LogP contribution is 2.14. The Kier molecular flexibility index (Phi) is 3.50. The molecule has 0 N–H and O–H groups in total. The van der Waals surface area contributed by atoms with Crippen LogP contribution in [-0.4, -0.2) is 9.97 Å². The summed E-state index contributed by atoms with van der Waals surface area (Å²) in [6.07, 6.45) is 3.48. The van der Waals surface area contributed by atoms with Gasteiger partial charge >= 0.3 is 0 Å². The monoisotopic (exact) mass is 204 g/mol. The molecule has 0 bridgehead atoms. The molecule has 0 fully saturated rings. The molecule has 0 aliphatic heterocycles. The first-order valence-corrected chi connectivity index (χ1v) is 4.30. The molecule has 3 heteroatoms. The normalized spacial score (nSPS) is 9.47. The molecule has 2 rings (SSSR count). The molecule has 2 nitrogen and oxygen atoms in total. The van der Waals surface area contributed by atoms with Crippen LogP contribution in [0.4, 0.5) is 4.39 Å². The van der Waals surface area contributed by atoms with Crippen molar-refractivity contribution >= 4 is 0 Å². The SMILES string of the molecule is C.Cc1cnc(-c2ccc(F)cc2)nc1. The Labute approximate surface area is 88.8 Å². The molecule has 0 saturated heterocycles. The summed E-state index contributed by atoms with van der Waals surface area (Å²) in [6, 6.07) is 6.14. The van der Waals surface area contributed by atoms with E-state index in [1.807, 2.05) is 6.92 Å². The molecule has 0 saturated carbocycles. The van der Waals surface area contributed by atoms with Gasteiger partial charge in [-0.3, -0.25) is 0 Å². The summed E-state index contributed by atoms with van der Waals surface area (Å²) in [5, 5.41) is 0. The number of nitrogens with zero attached hydrogens (tertiary/aromatic N) is 2. The van der Waals surface area contributed by atoms with Gasteiger partial charge in [-0.2, -0.15) is 0 Å². The fourth-order valence-electron chi connectivity index (χ4n) is 1.14. The Morgan fingerprint density at radius 2 is 1.53 bits per heavy atom. The lowest BCUT2D eigenvalue weighted by Gasteiger charge is -1.99. The van der Waals surface area contributed by atoms with Crippen LogP contribution in [0.15, 0.2) is 36.7 Å². The van der Waals surface area contributed by atoms with Crippen LogP contribution in [0.3, 0.4) is 0 Å². The average Bonchev–Trinajstić information content (AvgIpc) is 2.21. The third kappa shape index (κ3) is 2.59. The summed E-state index contributed by atoms with van der Waals surface area (Å²) >= 11 is 0. The summed E-state index contributed by atoms with van der Waals surface area (Å²) < 4.78 is 12.6. The van der Waals surface area contributed by atoms with Gasteiger partial charge in [0.25, 0.3) is 0 Å². The van der Waals surface area contributed by atoms with E-state index in [-0.39, 0.29) is 13.2 Å². The fourth-order valence-corrected chi connectivity index (χ4v) is 1.14. The van der Waals surface area contributed by atoms with E-state index in [1.165, 1.54) is 12.1 Å². The second-order valence-corrected chi connectivity index (χ2v) is 3.09. The van der Waals surface area contributed by atoms with E-state index in [0.717, 1.165) is 11.1 Å². The molecular formula is C12H13FN2. The van der Waals surface area contributed by atoms with Gasteiger partial charge in [-0.15, -0.1) is 0 Å². The lowest BCUT2D eigenvalue weighted by Crippen LogP contribution is -1.88. The molecule has 0 aliphatic rings. The third-order valence-electron chi connectivity index (χ3n) is 1.88. The largest absolute Gasteiger partial charge is 0.236 e. The second kappa shape index (κ2) is 4.64. The number of hydrogen-bond acceptors (Lipinski definition) is 2. The quantitative estimate of drug-likeness (QED) is 0.712. The van der Waals surface area contributed by atoms with Gasteiger partial charge in [0.05, 0.1) is 0 Å². The van der Waals surface area contributed by atoms with Gasteiger partial charge in [0.2, 0.25) is 0 Å². The van der Waals surface area contributed by atoms with Crippen LogP contribution >= 0.6 is 0 Å². The molecule has 0 radical (unpaired) electrons. The van der Waals surface area contributed by atoms with Gasteiger partial charge in [0, 0.05) is 18.0 Å². The van der Waals surface area contributed by atoms with Crippen molar-refractivity contribution in [3.05, 3.63) is 48.0 Å². The Hall–Kier alpha value is -1.77. The number of hydrogen-bond donors (Lipinski definition) is 0. The Morgan fingerprint density at radius 3 is 2.07 bits per heavy atom. The number of halogens is 1. The van der Waals surface area contributed by atoms with Gasteiger partial charge in [-0.25, -0.2) is 14.4 Å². The Bertz CT molecular complexity index is 377. The molecule has 0 amide bonds. The number of rotatable bonds is 1. The average molecular weight is 204 g/mol. The Balaban J connectivity index is 0.00000112. The smallest absolute Gasteiger partial charge is 0.159 e. The molecule has 1 heterocycles. The van der Waals surface area contributed by atoms with Gasteiger partial charge in [-0.05, 0) is 36.8 Å². The first-order chi connectivity index (χ1) is 6.75. The lowest BCUT2D eigenvalue weighted by atomic mass is 10.2. The van der Waals surface area contributed by atoms with Gasteiger partial charge in [-0.1, -0.05) is 7.43 Å². The topological polar surface area (TPSA) is 25.8 Å². The summed E-state index contributed by atoms with van der Waals surface area (Å²) in [5.74, 6) is 0.372. The van der Waals surface area contributed by atoms with Crippen molar-refractivity contribution in [1.82, 2.24) is 9.97 Å². The minimum absolute atomic E-state index is 0. The maximum absolute atomic E-state index is 12.6. The summed E-state index contributed by atoms with van der Waals surface area (Å²) in [6.45, 7) is 1.93. The molecule has 0 spiro atoms. The van der Waals surface area contributed by atoms with E-state index >= 15 is 0 Å². The van der Waals surface area contributed by atoms with E-state index < -0.39 is 0 Å². The summed E-state index contributed by atoms with van der Waals surface area (Å²) in [7, 11) is 0. The van der Waals surface area contributed by atoms with E-state index in [2.05, 4.69) is 9.97 Å². The number of benzene rings is 1. The van der Waals surface area contributed by atoms with Crippen LogP contribution < -0.4 is 0 Å². The zero-order valence-corrected chi connectivity index (χ0v) is 7.74. The van der Waals surface area contributed by atoms with Gasteiger partial charge in [0.1, 0.15) is 5.82 Å². The van der Waals surface area contributed by atoms with Crippen molar-refractivity contribution in [3.8, 4) is 11.4 Å². The minimum atomic E-state index is -0.249. The fraction of sp³-hybridized carbons (Fsp3) is 0.167. The van der Waals surface area contributed by atoms with Gasteiger partial charge in [0.15, 0.2) is 5.82 Å². The summed E-state index contributed by atoms with van der Waals surface area (Å²) in [5.41, 5.74) is 1.84. The van der Waals surface area contributed by atoms with Crippen molar-refractivity contribution in [2.24, 2.45) is 0 Å². The number of aryl methyl sites for hydroxylation is 1. The van der Waals surface area contributed by atoms with Crippen molar-refractivity contribution in [2.75, 3.05) is 0 Å². The van der Waals surface area contributed by atoms with E-state index in [4.69, 9.17) is 0 Å². The van der Waals surface area contributed by atoms with Crippen LogP contribution in [0.1, 0.15) is 13.0 Å². The third-order valence-corrected chi connectivity index (χ3v) is 1.88. The highest BCUT2D eigenvalue weighted by molar-refractivity contribution is 5.54. The molecular weight excluding hydrogens is 191 g/mol. The molecule has 0 unspecified atom stereocenters. The standard InChI is InChI=1S/C11H9FN2.CH4/c1-8-6-13-11(14-7-8)9-2-4-10(12)5-3-9;/h2-7H,1H3;1H4. The number of aromatic nitrogens is 2. The molecule has 78 valence electrons. The predicted octanol–water partition coefficient (Wildman–Crippen LogP) is 3.23.